The summed E-state index contributed by atoms with van der Waals surface area (Å²) in [6.45, 7) is 0.711. The van der Waals surface area contributed by atoms with Crippen LogP contribution in [-0.2, 0) is 6.54 Å². The van der Waals surface area contributed by atoms with E-state index in [1.807, 2.05) is 11.4 Å². The first-order valence-corrected chi connectivity index (χ1v) is 5.31. The first kappa shape index (κ1) is 8.71. The summed E-state index contributed by atoms with van der Waals surface area (Å²) in [5.74, 6) is 0.295. The molecule has 13 heavy (non-hydrogen) atoms. The molecule has 4 nitrogen and oxygen atoms in total. The number of nitrogen functional groups attached to an aromatic ring is 1. The van der Waals surface area contributed by atoms with E-state index in [-0.39, 0.29) is 0 Å². The minimum atomic E-state index is 0.295. The van der Waals surface area contributed by atoms with Crippen LogP contribution in [0.4, 0.5) is 5.95 Å². The molecule has 0 aromatic carbocycles. The lowest BCUT2D eigenvalue weighted by molar-refractivity contribution is 0.677. The highest BCUT2D eigenvalue weighted by atomic mass is 79.9. The smallest absolute Gasteiger partial charge is 0.240 e. The van der Waals surface area contributed by atoms with Gasteiger partial charge in [-0.05, 0) is 27.4 Å². The Morgan fingerprint density at radius 3 is 3.00 bits per heavy atom. The SMILES string of the molecule is Nc1nc(Br)n(Cc2cccs2)n1. The molecule has 2 rings (SSSR count). The maximum atomic E-state index is 5.44. The van der Waals surface area contributed by atoms with Crippen LogP contribution in [0.3, 0.4) is 0 Å². The molecule has 0 aliphatic rings. The van der Waals surface area contributed by atoms with Crippen molar-refractivity contribution in [2.45, 2.75) is 6.54 Å². The summed E-state index contributed by atoms with van der Waals surface area (Å²) < 4.78 is 2.39. The fourth-order valence-electron chi connectivity index (χ4n) is 0.990. The Bertz CT molecular complexity index is 395. The lowest BCUT2D eigenvalue weighted by Gasteiger charge is -1.97. The van der Waals surface area contributed by atoms with Gasteiger partial charge >= 0.3 is 0 Å². The number of hydrogen-bond donors (Lipinski definition) is 1. The van der Waals surface area contributed by atoms with Gasteiger partial charge in [-0.2, -0.15) is 4.98 Å². The molecule has 0 radical (unpaired) electrons. The van der Waals surface area contributed by atoms with Gasteiger partial charge in [-0.25, -0.2) is 4.68 Å². The van der Waals surface area contributed by atoms with Crippen LogP contribution >= 0.6 is 27.3 Å². The molecule has 0 saturated carbocycles. The monoisotopic (exact) mass is 258 g/mol. The van der Waals surface area contributed by atoms with Crippen LogP contribution in [-0.4, -0.2) is 14.8 Å². The molecule has 68 valence electrons. The molecule has 2 N–H and O–H groups in total. The van der Waals surface area contributed by atoms with Crippen molar-refractivity contribution in [2.24, 2.45) is 0 Å². The first-order valence-electron chi connectivity index (χ1n) is 3.64. The lowest BCUT2D eigenvalue weighted by Crippen LogP contribution is -2.00. The van der Waals surface area contributed by atoms with E-state index in [1.165, 1.54) is 4.88 Å². The molecule has 0 bridgehead atoms. The minimum Gasteiger partial charge on any atom is -0.366 e. The van der Waals surface area contributed by atoms with Crippen molar-refractivity contribution in [3.63, 3.8) is 0 Å². The summed E-state index contributed by atoms with van der Waals surface area (Å²) in [6, 6.07) is 4.06. The number of anilines is 1. The van der Waals surface area contributed by atoms with Gasteiger partial charge in [0.1, 0.15) is 0 Å². The lowest BCUT2D eigenvalue weighted by atomic mass is 10.5. The van der Waals surface area contributed by atoms with Crippen molar-refractivity contribution in [2.75, 3.05) is 5.73 Å². The highest BCUT2D eigenvalue weighted by Gasteiger charge is 2.04. The second-order valence-electron chi connectivity index (χ2n) is 2.48. The third-order valence-corrected chi connectivity index (χ3v) is 2.98. The van der Waals surface area contributed by atoms with E-state index in [0.717, 1.165) is 0 Å². The Hall–Kier alpha value is -0.880. The molecule has 6 heteroatoms. The molecule has 0 unspecified atom stereocenters. The summed E-state index contributed by atoms with van der Waals surface area (Å²) in [5.41, 5.74) is 5.44. The van der Waals surface area contributed by atoms with Crippen LogP contribution in [0.5, 0.6) is 0 Å². The standard InChI is InChI=1S/C7H7BrN4S/c8-6-10-7(9)11-12(6)4-5-2-1-3-13-5/h1-3H,4H2,(H2,9,11). The van der Waals surface area contributed by atoms with Gasteiger partial charge in [-0.15, -0.1) is 16.4 Å². The number of thiophene rings is 1. The highest BCUT2D eigenvalue weighted by Crippen LogP contribution is 2.14. The summed E-state index contributed by atoms with van der Waals surface area (Å²) in [6.07, 6.45) is 0. The van der Waals surface area contributed by atoms with Crippen molar-refractivity contribution in [3.05, 3.63) is 27.1 Å². The van der Waals surface area contributed by atoms with E-state index in [9.17, 15) is 0 Å². The van der Waals surface area contributed by atoms with Gasteiger partial charge in [0.25, 0.3) is 0 Å². The van der Waals surface area contributed by atoms with E-state index in [0.29, 0.717) is 17.2 Å². The normalized spacial score (nSPS) is 10.5. The molecule has 0 aliphatic carbocycles. The number of aromatic nitrogens is 3. The Balaban J connectivity index is 2.23. The molecular weight excluding hydrogens is 252 g/mol. The molecule has 0 fully saturated rings. The topological polar surface area (TPSA) is 56.7 Å². The van der Waals surface area contributed by atoms with Gasteiger partial charge in [0.15, 0.2) is 4.73 Å². The molecule has 2 heterocycles. The van der Waals surface area contributed by atoms with Crippen molar-refractivity contribution in [1.29, 1.82) is 0 Å². The fraction of sp³-hybridized carbons (Fsp3) is 0.143. The molecule has 0 aliphatic heterocycles. The zero-order valence-corrected chi connectivity index (χ0v) is 9.05. The Morgan fingerprint density at radius 1 is 1.62 bits per heavy atom. The number of hydrogen-bond acceptors (Lipinski definition) is 4. The number of nitrogens with zero attached hydrogens (tertiary/aromatic N) is 3. The predicted octanol–water partition coefficient (Wildman–Crippen LogP) is 1.73. The molecule has 2 aromatic rings. The van der Waals surface area contributed by atoms with Crippen LogP contribution in [0, 0.1) is 0 Å². The molecule has 2 aromatic heterocycles. The second-order valence-corrected chi connectivity index (χ2v) is 4.22. The van der Waals surface area contributed by atoms with E-state index in [4.69, 9.17) is 5.73 Å². The van der Waals surface area contributed by atoms with Crippen LogP contribution in [0.15, 0.2) is 22.2 Å². The van der Waals surface area contributed by atoms with Gasteiger partial charge in [0, 0.05) is 4.88 Å². The van der Waals surface area contributed by atoms with Crippen molar-refractivity contribution in [3.8, 4) is 0 Å². The zero-order valence-electron chi connectivity index (χ0n) is 6.64. The van der Waals surface area contributed by atoms with Crippen LogP contribution < -0.4 is 5.73 Å². The number of rotatable bonds is 2. The Morgan fingerprint density at radius 2 is 2.46 bits per heavy atom. The van der Waals surface area contributed by atoms with E-state index >= 15 is 0 Å². The summed E-state index contributed by atoms with van der Waals surface area (Å²) in [5, 5.41) is 6.06. The predicted molar refractivity (Wildman–Crippen MR) is 55.6 cm³/mol. The fourth-order valence-corrected chi connectivity index (χ4v) is 2.06. The summed E-state index contributed by atoms with van der Waals surface area (Å²) in [4.78, 5) is 5.17. The molecule has 0 spiro atoms. The summed E-state index contributed by atoms with van der Waals surface area (Å²) in [7, 11) is 0. The second kappa shape index (κ2) is 3.47. The number of nitrogens with two attached hydrogens (primary N) is 1. The van der Waals surface area contributed by atoms with Gasteiger partial charge < -0.3 is 5.73 Å². The van der Waals surface area contributed by atoms with Crippen molar-refractivity contribution in [1.82, 2.24) is 14.8 Å². The first-order chi connectivity index (χ1) is 6.25. The van der Waals surface area contributed by atoms with E-state index in [1.54, 1.807) is 16.0 Å². The zero-order chi connectivity index (χ0) is 9.26. The average Bonchev–Trinajstić information content (AvgIpc) is 2.63. The molecular formula is C7H7BrN4S. The van der Waals surface area contributed by atoms with Gasteiger partial charge in [0.05, 0.1) is 6.54 Å². The quantitative estimate of drug-likeness (QED) is 0.893. The van der Waals surface area contributed by atoms with Crippen LogP contribution in [0.25, 0.3) is 0 Å². The van der Waals surface area contributed by atoms with Crippen LogP contribution in [0.1, 0.15) is 4.88 Å². The minimum absolute atomic E-state index is 0.295. The maximum absolute atomic E-state index is 5.44. The largest absolute Gasteiger partial charge is 0.366 e. The van der Waals surface area contributed by atoms with E-state index in [2.05, 4.69) is 32.1 Å². The van der Waals surface area contributed by atoms with E-state index < -0.39 is 0 Å². The molecule has 0 atom stereocenters. The van der Waals surface area contributed by atoms with Crippen molar-refractivity contribution < 1.29 is 0 Å². The third-order valence-electron chi connectivity index (χ3n) is 1.53. The average molecular weight is 259 g/mol. The van der Waals surface area contributed by atoms with Crippen molar-refractivity contribution >= 4 is 33.2 Å². The Kier molecular flexibility index (Phi) is 2.32. The highest BCUT2D eigenvalue weighted by molar-refractivity contribution is 9.10. The van der Waals surface area contributed by atoms with Gasteiger partial charge in [-0.3, -0.25) is 0 Å². The van der Waals surface area contributed by atoms with Crippen LogP contribution in [0.2, 0.25) is 0 Å². The third kappa shape index (κ3) is 1.89. The summed E-state index contributed by atoms with van der Waals surface area (Å²) >= 11 is 4.96. The van der Waals surface area contributed by atoms with Gasteiger partial charge in [0.2, 0.25) is 5.95 Å². The molecule has 0 amide bonds. The van der Waals surface area contributed by atoms with Gasteiger partial charge in [-0.1, -0.05) is 6.07 Å². The Labute approximate surface area is 87.5 Å². The number of halogens is 1. The molecule has 0 saturated heterocycles. The maximum Gasteiger partial charge on any atom is 0.240 e.